The van der Waals surface area contributed by atoms with Crippen molar-refractivity contribution in [1.29, 1.82) is 0 Å². The molecule has 25 nitrogen and oxygen atoms in total. The maximum Gasteiger partial charge on any atom is 0.192 e. The molecule has 0 radical (unpaired) electrons. The molecule has 0 aliphatic carbocycles. The number of aromatic nitrogens is 16. The van der Waals surface area contributed by atoms with Crippen molar-refractivity contribution in [3.05, 3.63) is 292 Å². The van der Waals surface area contributed by atoms with Crippen LogP contribution >= 0.6 is 23.2 Å². The Hall–Kier alpha value is -14.0. The van der Waals surface area contributed by atoms with E-state index in [4.69, 9.17) is 32.7 Å². The van der Waals surface area contributed by atoms with Gasteiger partial charge in [-0.1, -0.05) is 181 Å². The molecule has 17 aromatic rings. The molecule has 0 unspecified atom stereocenters. The first-order valence-corrected chi connectivity index (χ1v) is 35.3. The average Bonchev–Trinajstić information content (AvgIpc) is 1.72. The Bertz CT molecular complexity index is 6120. The number of imidazole rings is 4. The van der Waals surface area contributed by atoms with E-state index in [2.05, 4.69) is 65.4 Å². The molecule has 0 aliphatic rings. The van der Waals surface area contributed by atoms with Crippen molar-refractivity contribution in [2.75, 3.05) is 14.2 Å². The number of aromatic hydroxyl groups is 3. The van der Waals surface area contributed by atoms with Gasteiger partial charge in [-0.05, 0) is 78.4 Å². The number of hydrogen-bond donors (Lipinski definition) is 8. The highest BCUT2D eigenvalue weighted by Gasteiger charge is 2.29. The minimum Gasteiger partial charge on any atom is -0.504 e. The Labute approximate surface area is 636 Å². The number of aryl methyl sites for hydroxylation is 2. The number of H-pyrrole nitrogens is 5. The van der Waals surface area contributed by atoms with E-state index in [9.17, 15) is 34.5 Å². The summed E-state index contributed by atoms with van der Waals surface area (Å²) < 4.78 is 15.3. The molecule has 0 aliphatic heterocycles. The molecule has 0 saturated heterocycles. The van der Waals surface area contributed by atoms with E-state index >= 15 is 0 Å². The Morgan fingerprint density at radius 2 is 0.773 bits per heavy atom. The minimum absolute atomic E-state index is 0.0254. The lowest BCUT2D eigenvalue weighted by Gasteiger charge is -2.08. The zero-order chi connectivity index (χ0) is 76.5. The number of rotatable bonds is 20. The molecule has 8 N–H and O–H groups in total. The Morgan fingerprint density at radius 3 is 1.25 bits per heavy atom. The second-order valence-electron chi connectivity index (χ2n) is 25.3. The van der Waals surface area contributed by atoms with Gasteiger partial charge in [-0.25, -0.2) is 19.9 Å². The zero-order valence-electron chi connectivity index (χ0n) is 59.4. The van der Waals surface area contributed by atoms with Crippen molar-refractivity contribution < 1.29 is 44.0 Å². The predicted octanol–water partition coefficient (Wildman–Crippen LogP) is 15.5. The lowest BCUT2D eigenvalue weighted by Crippen LogP contribution is -2.14. The van der Waals surface area contributed by atoms with E-state index in [1.165, 1.54) is 4.68 Å². The van der Waals surface area contributed by atoms with Crippen LogP contribution in [-0.2, 0) is 46.3 Å². The molecular weight excluding hydrogens is 1440 g/mol. The summed E-state index contributed by atoms with van der Waals surface area (Å²) in [6, 6.07) is 70.8. The van der Waals surface area contributed by atoms with Crippen LogP contribution in [0.25, 0.3) is 89.2 Å². The molecule has 17 rings (SSSR count). The first-order chi connectivity index (χ1) is 53.4. The fourth-order valence-corrected chi connectivity index (χ4v) is 13.0. The molecule has 9 aromatic carbocycles. The fourth-order valence-electron chi connectivity index (χ4n) is 12.6. The quantitative estimate of drug-likeness (QED) is 0.0329. The average molecular weight is 1500 g/mol. The van der Waals surface area contributed by atoms with Crippen molar-refractivity contribution in [3.8, 4) is 73.8 Å². The summed E-state index contributed by atoms with van der Waals surface area (Å²) in [5.74, 6) is 2.04. The van der Waals surface area contributed by atoms with Crippen LogP contribution in [0, 0.1) is 0 Å². The smallest absolute Gasteiger partial charge is 0.192 e. The molecule has 110 heavy (non-hydrogen) atoms. The molecule has 0 saturated carbocycles. The van der Waals surface area contributed by atoms with Crippen molar-refractivity contribution in [3.63, 3.8) is 0 Å². The summed E-state index contributed by atoms with van der Waals surface area (Å²) in [4.78, 5) is 81.8. The van der Waals surface area contributed by atoms with Gasteiger partial charge in [0, 0.05) is 46.4 Å². The predicted molar refractivity (Wildman–Crippen MR) is 419 cm³/mol. The van der Waals surface area contributed by atoms with Gasteiger partial charge in [0.05, 0.1) is 90.6 Å². The van der Waals surface area contributed by atoms with E-state index in [0.29, 0.717) is 79.6 Å². The number of ketones is 4. The van der Waals surface area contributed by atoms with Gasteiger partial charge in [0.25, 0.3) is 0 Å². The summed E-state index contributed by atoms with van der Waals surface area (Å²) in [5.41, 5.74) is 13.0. The lowest BCUT2D eigenvalue weighted by atomic mass is 10.1. The van der Waals surface area contributed by atoms with Crippen molar-refractivity contribution in [2.45, 2.75) is 32.2 Å². The zero-order valence-corrected chi connectivity index (χ0v) is 61.0. The molecule has 0 bridgehead atoms. The van der Waals surface area contributed by atoms with Gasteiger partial charge in [-0.3, -0.25) is 38.3 Å². The summed E-state index contributed by atoms with van der Waals surface area (Å²) in [6.07, 6.45) is 0.202. The molecule has 548 valence electrons. The maximum absolute atomic E-state index is 13.4. The van der Waals surface area contributed by atoms with Gasteiger partial charge in [0.15, 0.2) is 46.1 Å². The number of benzene rings is 9. The fraction of sp³-hybridized carbons (Fsp3) is 0.108. The second-order valence-corrected chi connectivity index (χ2v) is 26.2. The number of para-hydroxylation sites is 4. The highest BCUT2D eigenvalue weighted by atomic mass is 35.5. The number of Topliss-reactive ketones (excluding diaryl/α,β-unsaturated/α-hetero) is 4. The third kappa shape index (κ3) is 16.0. The van der Waals surface area contributed by atoms with Gasteiger partial charge in [0.2, 0.25) is 0 Å². The number of fused-ring (bicyclic) bond motifs is 4. The van der Waals surface area contributed by atoms with Crippen LogP contribution in [0.3, 0.4) is 0 Å². The molecule has 0 amide bonds. The summed E-state index contributed by atoms with van der Waals surface area (Å²) in [5, 5.41) is 53.2. The molecule has 8 heterocycles. The SMILES string of the molecule is COc1c(-c2ccccc2)nn(C)c1C(=O)Cc1nc2ccc(Cl)cc2[nH]1.COc1ccc(Cn2nc(-c3ccccc3)c(O)c2C(=O)Cc2nc3ccc(Cl)cc3[nH]2)cc1.Cn1nc(-c2ccccc2)c(O)c1C(=O)Cc1nc2ccccc2[nH]1.O=C(Cc1nc2ccccc2[nH]1)c1[nH]nc(-c2ccccc2)c1O. The van der Waals surface area contributed by atoms with Gasteiger partial charge in [0.1, 0.15) is 74.6 Å². The van der Waals surface area contributed by atoms with Gasteiger partial charge >= 0.3 is 0 Å². The van der Waals surface area contributed by atoms with E-state index in [-0.39, 0.29) is 83.1 Å². The number of ether oxygens (including phenoxy) is 2. The monoisotopic (exact) mass is 1500 g/mol. The number of aromatic amines is 5. The van der Waals surface area contributed by atoms with E-state index in [0.717, 1.165) is 72.2 Å². The molecule has 8 aromatic heterocycles. The number of carbonyl (C=O) groups is 4. The van der Waals surface area contributed by atoms with Crippen LogP contribution in [0.15, 0.2) is 231 Å². The number of hydrogen-bond acceptors (Lipinski definition) is 17. The van der Waals surface area contributed by atoms with Gasteiger partial charge < -0.3 is 44.7 Å². The number of methoxy groups -OCH3 is 2. The first-order valence-electron chi connectivity index (χ1n) is 34.5. The van der Waals surface area contributed by atoms with Crippen LogP contribution in [0.2, 0.25) is 10.0 Å². The highest BCUT2D eigenvalue weighted by molar-refractivity contribution is 6.31. The van der Waals surface area contributed by atoms with Crippen molar-refractivity contribution in [1.82, 2.24) is 79.4 Å². The van der Waals surface area contributed by atoms with E-state index < -0.39 is 0 Å². The normalized spacial score (nSPS) is 11.1. The van der Waals surface area contributed by atoms with Crippen LogP contribution in [0.1, 0.15) is 70.8 Å². The molecule has 27 heteroatoms. The van der Waals surface area contributed by atoms with Crippen LogP contribution in [0.5, 0.6) is 28.7 Å². The standard InChI is InChI=1S/C26H21ClN4O3.C20H17ClN4O2.C19H16N4O2.C18H14N4O2/c1-34-19-10-7-16(8-11-19)15-31-25(26(33)24(30-31)17-5-3-2-4-6-17)22(32)14-23-28-20-12-9-18(27)13-21(20)29-23;1-25-19(20(27-2)18(24-25)12-6-4-3-5-7-12)16(26)11-17-22-14-9-8-13(21)10-15(14)23-17;1-23-18(19(25)17(22-23)12-7-3-2-4-8-12)15(24)11-16-20-13-9-5-6-10-14(13)21-16;23-14(10-15-19-12-8-4-5-9-13(12)20-15)17-18(24)16(21-22-17)11-6-2-1-3-7-11/h2-13,33H,14-15H2,1H3,(H,28,29);3-10H,11H2,1-2H3,(H,22,23);2-10,25H,11H2,1H3,(H,20,21);1-9,24H,10H2,(H,19,20)(H,21,22). The summed E-state index contributed by atoms with van der Waals surface area (Å²) in [7, 11) is 6.54. The molecule has 0 spiro atoms. The third-order valence-corrected chi connectivity index (χ3v) is 18.3. The van der Waals surface area contributed by atoms with E-state index in [1.807, 2.05) is 200 Å². The topological polar surface area (TPSA) is 344 Å². The van der Waals surface area contributed by atoms with Crippen molar-refractivity contribution in [2.24, 2.45) is 14.1 Å². The first kappa shape index (κ1) is 72.9. The van der Waals surface area contributed by atoms with Crippen LogP contribution in [-0.4, -0.2) is 132 Å². The number of halogens is 2. The third-order valence-electron chi connectivity index (χ3n) is 17.8. The van der Waals surface area contributed by atoms with E-state index in [1.54, 1.807) is 68.0 Å². The van der Waals surface area contributed by atoms with Gasteiger partial charge in [-0.2, -0.15) is 20.4 Å². The number of nitrogens with zero attached hydrogens (tertiary/aromatic N) is 11. The highest BCUT2D eigenvalue weighted by Crippen LogP contribution is 2.37. The number of carbonyl (C=O) groups excluding carboxylic acids is 4. The lowest BCUT2D eigenvalue weighted by molar-refractivity contribution is 0.0970. The van der Waals surface area contributed by atoms with Crippen LogP contribution < -0.4 is 9.47 Å². The Balaban J connectivity index is 0.000000123. The second kappa shape index (κ2) is 32.4. The number of nitrogens with one attached hydrogen (secondary N) is 5. The minimum atomic E-state index is -0.300. The Kier molecular flexibility index (Phi) is 21.4. The molecule has 0 atom stereocenters. The molecule has 0 fully saturated rings. The summed E-state index contributed by atoms with van der Waals surface area (Å²) >= 11 is 12.1. The maximum atomic E-state index is 13.4. The Morgan fingerprint density at radius 1 is 0.391 bits per heavy atom. The van der Waals surface area contributed by atoms with Gasteiger partial charge in [-0.15, -0.1) is 0 Å². The molecular formula is C83H68Cl2N16O9. The summed E-state index contributed by atoms with van der Waals surface area (Å²) in [6.45, 7) is 0.307. The van der Waals surface area contributed by atoms with Crippen LogP contribution in [0.4, 0.5) is 0 Å². The largest absolute Gasteiger partial charge is 0.504 e. The van der Waals surface area contributed by atoms with Crippen molar-refractivity contribution >= 4 is 90.5 Å².